The van der Waals surface area contributed by atoms with E-state index in [1.807, 2.05) is 12.1 Å². The van der Waals surface area contributed by atoms with E-state index in [1.165, 1.54) is 0 Å². The van der Waals surface area contributed by atoms with E-state index in [1.54, 1.807) is 12.1 Å². The van der Waals surface area contributed by atoms with Crippen molar-refractivity contribution in [2.75, 3.05) is 19.6 Å². The highest BCUT2D eigenvalue weighted by molar-refractivity contribution is 5.87. The van der Waals surface area contributed by atoms with E-state index < -0.39 is 5.97 Å². The van der Waals surface area contributed by atoms with E-state index in [0.29, 0.717) is 5.56 Å². The van der Waals surface area contributed by atoms with E-state index in [0.717, 1.165) is 31.7 Å². The van der Waals surface area contributed by atoms with Gasteiger partial charge < -0.3 is 10.4 Å². The Hall–Kier alpha value is -1.10. The van der Waals surface area contributed by atoms with Crippen LogP contribution in [0.5, 0.6) is 0 Å². The van der Waals surface area contributed by atoms with Crippen molar-refractivity contribution in [2.45, 2.75) is 25.9 Å². The summed E-state index contributed by atoms with van der Waals surface area (Å²) in [6.45, 7) is 8.34. The summed E-state index contributed by atoms with van der Waals surface area (Å²) in [4.78, 5) is 13.2. The second-order valence-corrected chi connectivity index (χ2v) is 5.41. The second-order valence-electron chi connectivity index (χ2n) is 5.41. The number of carbonyl (C=O) groups is 1. The van der Waals surface area contributed by atoms with Crippen LogP contribution in [0.1, 0.15) is 29.8 Å². The van der Waals surface area contributed by atoms with Crippen molar-refractivity contribution in [1.82, 2.24) is 10.2 Å². The van der Waals surface area contributed by atoms with Crippen LogP contribution in [0.15, 0.2) is 24.3 Å². The van der Waals surface area contributed by atoms with Crippen LogP contribution in [-0.2, 0) is 6.54 Å². The van der Waals surface area contributed by atoms with Crippen molar-refractivity contribution in [3.05, 3.63) is 35.4 Å². The van der Waals surface area contributed by atoms with Crippen molar-refractivity contribution >= 4 is 18.4 Å². The lowest BCUT2D eigenvalue weighted by molar-refractivity contribution is 0.0696. The van der Waals surface area contributed by atoms with Crippen LogP contribution in [0, 0.1) is 0 Å². The molecule has 1 fully saturated rings. The molecule has 0 bridgehead atoms. The smallest absolute Gasteiger partial charge is 0.335 e. The number of rotatable bonds is 3. The van der Waals surface area contributed by atoms with Crippen LogP contribution >= 0.6 is 12.4 Å². The predicted octanol–water partition coefficient (Wildman–Crippen LogP) is 1.99. The highest BCUT2D eigenvalue weighted by atomic mass is 35.5. The number of hydrogen-bond acceptors (Lipinski definition) is 3. The summed E-state index contributed by atoms with van der Waals surface area (Å²) in [5.41, 5.74) is 1.65. The highest BCUT2D eigenvalue weighted by Gasteiger charge is 2.29. The van der Waals surface area contributed by atoms with Gasteiger partial charge in [0.25, 0.3) is 0 Å². The molecular weight excluding hydrogens is 264 g/mol. The fraction of sp³-hybridized carbons (Fsp3) is 0.500. The third-order valence-corrected chi connectivity index (χ3v) is 3.55. The first-order valence-corrected chi connectivity index (χ1v) is 6.27. The first kappa shape index (κ1) is 16.0. The molecule has 5 heteroatoms. The minimum absolute atomic E-state index is 0. The zero-order valence-corrected chi connectivity index (χ0v) is 12.2. The van der Waals surface area contributed by atoms with Crippen LogP contribution in [0.25, 0.3) is 0 Å². The number of benzene rings is 1. The first-order chi connectivity index (χ1) is 8.49. The second kappa shape index (κ2) is 6.37. The molecule has 1 aromatic rings. The summed E-state index contributed by atoms with van der Waals surface area (Å²) in [5.74, 6) is -0.871. The van der Waals surface area contributed by atoms with Crippen LogP contribution in [0.3, 0.4) is 0 Å². The number of carboxylic acids is 1. The van der Waals surface area contributed by atoms with Crippen molar-refractivity contribution in [1.29, 1.82) is 0 Å². The molecule has 0 radical (unpaired) electrons. The third-order valence-electron chi connectivity index (χ3n) is 3.55. The van der Waals surface area contributed by atoms with Crippen molar-refractivity contribution < 1.29 is 9.90 Å². The zero-order chi connectivity index (χ0) is 13.2. The quantitative estimate of drug-likeness (QED) is 0.891. The molecule has 2 rings (SSSR count). The Bertz CT molecular complexity index is 432. The zero-order valence-electron chi connectivity index (χ0n) is 11.3. The maximum absolute atomic E-state index is 10.8. The van der Waals surface area contributed by atoms with Crippen LogP contribution in [-0.4, -0.2) is 41.1 Å². The molecule has 106 valence electrons. The summed E-state index contributed by atoms with van der Waals surface area (Å²) >= 11 is 0. The molecule has 1 saturated heterocycles. The summed E-state index contributed by atoms with van der Waals surface area (Å²) in [5, 5.41) is 12.3. The standard InChI is InChI=1S/C14H20N2O2.ClH/c1-14(2)10-15-7-8-16(14)9-11-3-5-12(6-4-11)13(17)18;/h3-6,15H,7-10H2,1-2H3,(H,17,18);1H. The normalized spacial score (nSPS) is 18.6. The Morgan fingerprint density at radius 3 is 2.53 bits per heavy atom. The minimum atomic E-state index is -0.871. The molecule has 19 heavy (non-hydrogen) atoms. The number of carboxylic acid groups (broad SMARTS) is 1. The molecule has 1 heterocycles. The fourth-order valence-corrected chi connectivity index (χ4v) is 2.29. The highest BCUT2D eigenvalue weighted by Crippen LogP contribution is 2.19. The van der Waals surface area contributed by atoms with Gasteiger partial charge in [-0.05, 0) is 31.5 Å². The lowest BCUT2D eigenvalue weighted by atomic mass is 9.99. The van der Waals surface area contributed by atoms with Gasteiger partial charge >= 0.3 is 5.97 Å². The average molecular weight is 285 g/mol. The van der Waals surface area contributed by atoms with Gasteiger partial charge in [0.05, 0.1) is 5.56 Å². The Kier molecular flexibility index (Phi) is 5.35. The van der Waals surface area contributed by atoms with Crippen molar-refractivity contribution in [3.63, 3.8) is 0 Å². The number of nitrogens with one attached hydrogen (secondary N) is 1. The molecule has 2 N–H and O–H groups in total. The third kappa shape index (κ3) is 3.93. The topological polar surface area (TPSA) is 52.6 Å². The molecule has 1 aromatic carbocycles. The van der Waals surface area contributed by atoms with Gasteiger partial charge in [-0.3, -0.25) is 4.90 Å². The molecule has 0 spiro atoms. The first-order valence-electron chi connectivity index (χ1n) is 6.27. The van der Waals surface area contributed by atoms with Gasteiger partial charge in [0.2, 0.25) is 0 Å². The largest absolute Gasteiger partial charge is 0.478 e. The summed E-state index contributed by atoms with van der Waals surface area (Å²) < 4.78 is 0. The van der Waals surface area contributed by atoms with Crippen LogP contribution in [0.2, 0.25) is 0 Å². The monoisotopic (exact) mass is 284 g/mol. The minimum Gasteiger partial charge on any atom is -0.478 e. The number of aromatic carboxylic acids is 1. The number of nitrogens with zero attached hydrogens (tertiary/aromatic N) is 1. The molecule has 1 aliphatic heterocycles. The molecule has 0 unspecified atom stereocenters. The predicted molar refractivity (Wildman–Crippen MR) is 78.0 cm³/mol. The van der Waals surface area contributed by atoms with E-state index in [2.05, 4.69) is 24.1 Å². The summed E-state index contributed by atoms with van der Waals surface area (Å²) in [6, 6.07) is 7.16. The van der Waals surface area contributed by atoms with Gasteiger partial charge in [0.15, 0.2) is 0 Å². The van der Waals surface area contributed by atoms with Gasteiger partial charge in [-0.15, -0.1) is 12.4 Å². The molecule has 0 atom stereocenters. The number of hydrogen-bond donors (Lipinski definition) is 2. The molecule has 4 nitrogen and oxygen atoms in total. The average Bonchev–Trinajstić information content (AvgIpc) is 2.32. The van der Waals surface area contributed by atoms with E-state index in [9.17, 15) is 4.79 Å². The van der Waals surface area contributed by atoms with E-state index in [-0.39, 0.29) is 17.9 Å². The maximum Gasteiger partial charge on any atom is 0.335 e. The Balaban J connectivity index is 0.00000180. The number of halogens is 1. The molecule has 0 aliphatic carbocycles. The SMILES string of the molecule is CC1(C)CNCCN1Cc1ccc(C(=O)O)cc1.Cl. The van der Waals surface area contributed by atoms with Crippen LogP contribution in [0.4, 0.5) is 0 Å². The maximum atomic E-state index is 10.8. The fourth-order valence-electron chi connectivity index (χ4n) is 2.29. The summed E-state index contributed by atoms with van der Waals surface area (Å²) in [6.07, 6.45) is 0. The number of piperazine rings is 1. The molecule has 1 aliphatic rings. The lowest BCUT2D eigenvalue weighted by Gasteiger charge is -2.42. The molecule has 0 aromatic heterocycles. The molecular formula is C14H21ClN2O2. The molecule has 0 saturated carbocycles. The Morgan fingerprint density at radius 1 is 1.37 bits per heavy atom. The van der Waals surface area contributed by atoms with E-state index >= 15 is 0 Å². The van der Waals surface area contributed by atoms with Crippen molar-refractivity contribution in [2.24, 2.45) is 0 Å². The van der Waals surface area contributed by atoms with E-state index in [4.69, 9.17) is 5.11 Å². The molecule has 0 amide bonds. The van der Waals surface area contributed by atoms with Gasteiger partial charge in [0, 0.05) is 31.7 Å². The Morgan fingerprint density at radius 2 is 2.00 bits per heavy atom. The summed E-state index contributed by atoms with van der Waals surface area (Å²) in [7, 11) is 0. The lowest BCUT2D eigenvalue weighted by Crippen LogP contribution is -2.57. The van der Waals surface area contributed by atoms with Gasteiger partial charge in [0.1, 0.15) is 0 Å². The van der Waals surface area contributed by atoms with Gasteiger partial charge in [-0.1, -0.05) is 12.1 Å². The van der Waals surface area contributed by atoms with Gasteiger partial charge in [-0.2, -0.15) is 0 Å². The Labute approximate surface area is 120 Å². The van der Waals surface area contributed by atoms with Gasteiger partial charge in [-0.25, -0.2) is 4.79 Å². The van der Waals surface area contributed by atoms with Crippen molar-refractivity contribution in [3.8, 4) is 0 Å². The van der Waals surface area contributed by atoms with Crippen LogP contribution < -0.4 is 5.32 Å².